The van der Waals surface area contributed by atoms with Crippen LogP contribution in [0.4, 0.5) is 5.69 Å². The molecule has 7 nitrogen and oxygen atoms in total. The Hall–Kier alpha value is -4.35. The van der Waals surface area contributed by atoms with E-state index >= 15 is 0 Å². The summed E-state index contributed by atoms with van der Waals surface area (Å²) < 4.78 is 37.0. The van der Waals surface area contributed by atoms with Gasteiger partial charge in [-0.1, -0.05) is 42.0 Å². The number of aryl methyl sites for hydroxylation is 1. The van der Waals surface area contributed by atoms with E-state index in [1.54, 1.807) is 49.4 Å². The zero-order valence-corrected chi connectivity index (χ0v) is 20.8. The van der Waals surface area contributed by atoms with E-state index in [4.69, 9.17) is 8.92 Å². The molecule has 0 bridgehead atoms. The second-order valence-electron chi connectivity index (χ2n) is 7.77. The average molecular weight is 503 g/mol. The summed E-state index contributed by atoms with van der Waals surface area (Å²) in [6, 6.07) is 20.1. The molecule has 0 saturated heterocycles. The van der Waals surface area contributed by atoms with Gasteiger partial charge in [0, 0.05) is 11.3 Å². The Balaban J connectivity index is 2.01. The SMILES string of the molecule is C=CCc1cc(/C=C(\C#N)C(=O)Nc2ccc(C)cc2)cc(OCC)c1OS(=O)(=O)c1ccccc1. The van der Waals surface area contributed by atoms with E-state index in [-0.39, 0.29) is 35.0 Å². The molecular weight excluding hydrogens is 476 g/mol. The second kappa shape index (κ2) is 11.9. The van der Waals surface area contributed by atoms with Gasteiger partial charge in [-0.25, -0.2) is 0 Å². The van der Waals surface area contributed by atoms with Crippen molar-refractivity contribution in [2.24, 2.45) is 0 Å². The monoisotopic (exact) mass is 502 g/mol. The number of carbonyl (C=O) groups excluding carboxylic acids is 1. The quantitative estimate of drug-likeness (QED) is 0.171. The van der Waals surface area contributed by atoms with Crippen molar-refractivity contribution in [1.82, 2.24) is 0 Å². The molecule has 0 spiro atoms. The van der Waals surface area contributed by atoms with Crippen molar-refractivity contribution in [3.8, 4) is 17.6 Å². The fraction of sp³-hybridized carbons (Fsp3) is 0.143. The van der Waals surface area contributed by atoms with E-state index in [1.807, 2.05) is 25.1 Å². The Morgan fingerprint density at radius 3 is 2.42 bits per heavy atom. The third-order valence-corrected chi connectivity index (χ3v) is 6.26. The average Bonchev–Trinajstić information content (AvgIpc) is 2.86. The van der Waals surface area contributed by atoms with Crippen LogP contribution in [0, 0.1) is 18.3 Å². The zero-order chi connectivity index (χ0) is 26.1. The topological polar surface area (TPSA) is 105 Å². The van der Waals surface area contributed by atoms with Gasteiger partial charge in [-0.3, -0.25) is 4.79 Å². The third-order valence-electron chi connectivity index (χ3n) is 5.03. The molecule has 8 heteroatoms. The fourth-order valence-corrected chi connectivity index (χ4v) is 4.32. The van der Waals surface area contributed by atoms with Gasteiger partial charge in [0.25, 0.3) is 5.91 Å². The lowest BCUT2D eigenvalue weighted by molar-refractivity contribution is -0.112. The minimum absolute atomic E-state index is 0.000479. The number of benzene rings is 3. The summed E-state index contributed by atoms with van der Waals surface area (Å²) in [5, 5.41) is 12.3. The van der Waals surface area contributed by atoms with Crippen LogP contribution in [0.1, 0.15) is 23.6 Å². The second-order valence-corrected chi connectivity index (χ2v) is 9.32. The lowest BCUT2D eigenvalue weighted by atomic mass is 10.0. The van der Waals surface area contributed by atoms with Crippen LogP contribution in [-0.2, 0) is 21.3 Å². The smallest absolute Gasteiger partial charge is 0.339 e. The van der Waals surface area contributed by atoms with Crippen LogP contribution in [0.3, 0.4) is 0 Å². The van der Waals surface area contributed by atoms with Gasteiger partial charge >= 0.3 is 10.1 Å². The van der Waals surface area contributed by atoms with Gasteiger partial charge in [-0.2, -0.15) is 13.7 Å². The number of hydrogen-bond donors (Lipinski definition) is 1. The largest absolute Gasteiger partial charge is 0.490 e. The minimum Gasteiger partial charge on any atom is -0.490 e. The molecule has 184 valence electrons. The lowest BCUT2D eigenvalue weighted by Gasteiger charge is -2.16. The van der Waals surface area contributed by atoms with E-state index in [0.29, 0.717) is 16.8 Å². The van der Waals surface area contributed by atoms with Gasteiger partial charge in [0.2, 0.25) is 0 Å². The molecule has 0 radical (unpaired) electrons. The molecule has 0 aromatic heterocycles. The first-order valence-corrected chi connectivity index (χ1v) is 12.6. The number of amides is 1. The van der Waals surface area contributed by atoms with Crippen LogP contribution in [-0.4, -0.2) is 20.9 Å². The Kier molecular flexibility index (Phi) is 8.66. The van der Waals surface area contributed by atoms with E-state index in [2.05, 4.69) is 11.9 Å². The summed E-state index contributed by atoms with van der Waals surface area (Å²) in [6.07, 6.45) is 3.27. The van der Waals surface area contributed by atoms with Crippen molar-refractivity contribution in [2.75, 3.05) is 11.9 Å². The molecule has 36 heavy (non-hydrogen) atoms. The molecule has 0 atom stereocenters. The first-order valence-electron chi connectivity index (χ1n) is 11.2. The van der Waals surface area contributed by atoms with Crippen LogP contribution < -0.4 is 14.2 Å². The highest BCUT2D eigenvalue weighted by Gasteiger charge is 2.22. The number of allylic oxidation sites excluding steroid dienone is 1. The third kappa shape index (κ3) is 6.62. The van der Waals surface area contributed by atoms with Gasteiger partial charge in [0.15, 0.2) is 11.5 Å². The number of nitrogens with zero attached hydrogens (tertiary/aromatic N) is 1. The maximum absolute atomic E-state index is 12.9. The van der Waals surface area contributed by atoms with Gasteiger partial charge in [-0.15, -0.1) is 6.58 Å². The molecule has 0 aliphatic heterocycles. The van der Waals surface area contributed by atoms with Gasteiger partial charge in [0.05, 0.1) is 6.61 Å². The van der Waals surface area contributed by atoms with Crippen LogP contribution in [0.5, 0.6) is 11.5 Å². The molecule has 3 rings (SSSR count). The summed E-state index contributed by atoms with van der Waals surface area (Å²) in [5.74, 6) is -0.379. The Morgan fingerprint density at radius 1 is 1.11 bits per heavy atom. The van der Waals surface area contributed by atoms with Crippen molar-refractivity contribution in [2.45, 2.75) is 25.2 Å². The van der Waals surface area contributed by atoms with Gasteiger partial charge < -0.3 is 14.2 Å². The summed E-state index contributed by atoms with van der Waals surface area (Å²) >= 11 is 0. The Bertz CT molecular complexity index is 1420. The van der Waals surface area contributed by atoms with Gasteiger partial charge in [0.1, 0.15) is 16.5 Å². The molecule has 0 unspecified atom stereocenters. The van der Waals surface area contributed by atoms with E-state index in [9.17, 15) is 18.5 Å². The first kappa shape index (κ1) is 26.3. The highest BCUT2D eigenvalue weighted by atomic mass is 32.2. The predicted octanol–water partition coefficient (Wildman–Crippen LogP) is 5.44. The summed E-state index contributed by atoms with van der Waals surface area (Å²) in [5.41, 5.74) is 2.41. The molecule has 1 amide bonds. The molecule has 0 saturated carbocycles. The van der Waals surface area contributed by atoms with E-state index in [1.165, 1.54) is 24.3 Å². The molecule has 0 heterocycles. The highest BCUT2D eigenvalue weighted by molar-refractivity contribution is 7.87. The van der Waals surface area contributed by atoms with E-state index < -0.39 is 16.0 Å². The van der Waals surface area contributed by atoms with Crippen LogP contribution in [0.15, 0.2) is 89.9 Å². The van der Waals surface area contributed by atoms with Gasteiger partial charge in [-0.05, 0) is 68.3 Å². The van der Waals surface area contributed by atoms with Crippen molar-refractivity contribution in [3.05, 3.63) is 102 Å². The lowest BCUT2D eigenvalue weighted by Crippen LogP contribution is -2.14. The summed E-state index contributed by atoms with van der Waals surface area (Å²) in [7, 11) is -4.13. The summed E-state index contributed by atoms with van der Waals surface area (Å²) in [4.78, 5) is 12.7. The number of nitrogens with one attached hydrogen (secondary N) is 1. The number of hydrogen-bond acceptors (Lipinski definition) is 6. The van der Waals surface area contributed by atoms with Crippen LogP contribution >= 0.6 is 0 Å². The predicted molar refractivity (Wildman–Crippen MR) is 139 cm³/mol. The fourth-order valence-electron chi connectivity index (χ4n) is 3.33. The minimum atomic E-state index is -4.13. The molecular formula is C28H26N2O5S. The number of nitriles is 1. The number of rotatable bonds is 10. The maximum Gasteiger partial charge on any atom is 0.339 e. The Labute approximate surface area is 211 Å². The summed E-state index contributed by atoms with van der Waals surface area (Å²) in [6.45, 7) is 7.66. The van der Waals surface area contributed by atoms with Crippen molar-refractivity contribution in [1.29, 1.82) is 5.26 Å². The van der Waals surface area contributed by atoms with Crippen molar-refractivity contribution in [3.63, 3.8) is 0 Å². The Morgan fingerprint density at radius 2 is 1.81 bits per heavy atom. The first-order chi connectivity index (χ1) is 17.3. The zero-order valence-electron chi connectivity index (χ0n) is 20.0. The van der Waals surface area contributed by atoms with Crippen LogP contribution in [0.2, 0.25) is 0 Å². The maximum atomic E-state index is 12.9. The molecule has 0 aliphatic carbocycles. The number of anilines is 1. The molecule has 1 N–H and O–H groups in total. The number of ether oxygens (including phenoxy) is 1. The number of carbonyl (C=O) groups is 1. The molecule has 3 aromatic rings. The molecule has 0 fully saturated rings. The van der Waals surface area contributed by atoms with Crippen molar-refractivity contribution < 1.29 is 22.1 Å². The normalized spacial score (nSPS) is 11.3. The van der Waals surface area contributed by atoms with Crippen molar-refractivity contribution >= 4 is 27.8 Å². The molecule has 0 aliphatic rings. The van der Waals surface area contributed by atoms with E-state index in [0.717, 1.165) is 5.56 Å². The highest BCUT2D eigenvalue weighted by Crippen LogP contribution is 2.36. The standard InChI is InChI=1S/C28H26N2O5S/c1-4-9-22-16-21(17-23(19-29)28(31)30-24-14-12-20(3)13-15-24)18-26(34-5-2)27(22)35-36(32,33)25-10-7-6-8-11-25/h4,6-8,10-18H,1,5,9H2,2-3H3,(H,30,31)/b23-17+. The molecule has 3 aromatic carbocycles. The van der Waals surface area contributed by atoms with Crippen LogP contribution in [0.25, 0.3) is 6.08 Å².